The fourth-order valence-corrected chi connectivity index (χ4v) is 7.19. The van der Waals surface area contributed by atoms with E-state index in [1.807, 2.05) is 0 Å². The van der Waals surface area contributed by atoms with Crippen molar-refractivity contribution < 1.29 is 8.42 Å². The van der Waals surface area contributed by atoms with Crippen LogP contribution in [0, 0.1) is 11.8 Å². The van der Waals surface area contributed by atoms with E-state index in [4.69, 9.17) is 23.2 Å². The molecular weight excluding hydrogens is 255 g/mol. The predicted molar refractivity (Wildman–Crippen MR) is 63.4 cm³/mol. The topological polar surface area (TPSA) is 34.1 Å². The maximum atomic E-state index is 12.2. The fourth-order valence-electron chi connectivity index (χ4n) is 3.23. The summed E-state index contributed by atoms with van der Waals surface area (Å²) in [7, 11) is -3.07. The van der Waals surface area contributed by atoms with Crippen LogP contribution in [-0.2, 0) is 9.84 Å². The molecule has 0 aromatic heterocycles. The van der Waals surface area contributed by atoms with Crippen molar-refractivity contribution in [1.29, 1.82) is 0 Å². The molecule has 5 heteroatoms. The molecule has 0 aromatic carbocycles. The van der Waals surface area contributed by atoms with Gasteiger partial charge in [0, 0.05) is 11.8 Å². The van der Waals surface area contributed by atoms with Gasteiger partial charge in [-0.15, -0.1) is 23.2 Å². The lowest BCUT2D eigenvalue weighted by Gasteiger charge is -2.28. The molecule has 0 aromatic rings. The van der Waals surface area contributed by atoms with Crippen LogP contribution < -0.4 is 0 Å². The van der Waals surface area contributed by atoms with E-state index in [-0.39, 0.29) is 34.1 Å². The average Bonchev–Trinajstić information content (AvgIpc) is 2.43. The van der Waals surface area contributed by atoms with E-state index < -0.39 is 9.84 Å². The van der Waals surface area contributed by atoms with Crippen LogP contribution in [0.15, 0.2) is 0 Å². The lowest BCUT2D eigenvalue weighted by Crippen LogP contribution is -2.27. The second-order valence-corrected chi connectivity index (χ2v) is 7.59. The Hall–Kier alpha value is 0.530. The van der Waals surface area contributed by atoms with Crippen LogP contribution in [-0.4, -0.2) is 30.7 Å². The van der Waals surface area contributed by atoms with Crippen molar-refractivity contribution >= 4 is 33.0 Å². The first-order valence-electron chi connectivity index (χ1n) is 5.47. The molecule has 4 atom stereocenters. The van der Waals surface area contributed by atoms with Crippen LogP contribution >= 0.6 is 23.2 Å². The molecule has 0 N–H and O–H groups in total. The molecule has 88 valence electrons. The lowest BCUT2D eigenvalue weighted by atomic mass is 9.76. The van der Waals surface area contributed by atoms with E-state index in [2.05, 4.69) is 0 Å². The highest BCUT2D eigenvalue weighted by atomic mass is 35.5. The van der Waals surface area contributed by atoms with Crippen LogP contribution in [0.1, 0.15) is 25.7 Å². The summed E-state index contributed by atoms with van der Waals surface area (Å²) in [5, 5.41) is -0.679. The van der Waals surface area contributed by atoms with E-state index in [0.29, 0.717) is 0 Å². The van der Waals surface area contributed by atoms with Gasteiger partial charge in [-0.3, -0.25) is 0 Å². The number of halogens is 2. The van der Waals surface area contributed by atoms with Gasteiger partial charge in [0.15, 0.2) is 9.84 Å². The zero-order valence-electron chi connectivity index (χ0n) is 8.53. The molecule has 1 saturated heterocycles. The Bertz CT molecular complexity index is 302. The smallest absolute Gasteiger partial charge is 0.158 e. The van der Waals surface area contributed by atoms with E-state index in [0.717, 1.165) is 25.7 Å². The number of fused-ring (bicyclic) bond motifs is 1. The van der Waals surface area contributed by atoms with E-state index >= 15 is 0 Å². The SMILES string of the molecule is O=S1(=O)C(CCl)C2CCCCC2C1CCl. The van der Waals surface area contributed by atoms with Gasteiger partial charge >= 0.3 is 0 Å². The summed E-state index contributed by atoms with van der Waals surface area (Å²) in [6.45, 7) is 0. The Kier molecular flexibility index (Phi) is 3.54. The summed E-state index contributed by atoms with van der Waals surface area (Å²) in [4.78, 5) is 0. The third-order valence-corrected chi connectivity index (χ3v) is 7.73. The molecule has 0 spiro atoms. The molecule has 0 bridgehead atoms. The Labute approximate surface area is 101 Å². The predicted octanol–water partition coefficient (Wildman–Crippen LogP) is 2.44. The van der Waals surface area contributed by atoms with Crippen LogP contribution in [0.5, 0.6) is 0 Å². The largest absolute Gasteiger partial charge is 0.228 e. The molecule has 1 saturated carbocycles. The van der Waals surface area contributed by atoms with Crippen molar-refractivity contribution in [2.75, 3.05) is 11.8 Å². The van der Waals surface area contributed by atoms with Crippen LogP contribution in [0.3, 0.4) is 0 Å². The summed E-state index contributed by atoms with van der Waals surface area (Å²) in [6.07, 6.45) is 4.29. The molecule has 1 aliphatic heterocycles. The number of alkyl halides is 2. The second-order valence-electron chi connectivity index (χ2n) is 4.59. The van der Waals surface area contributed by atoms with Crippen molar-refractivity contribution in [3.05, 3.63) is 0 Å². The highest BCUT2D eigenvalue weighted by molar-refractivity contribution is 7.93. The minimum atomic E-state index is -3.07. The summed E-state index contributed by atoms with van der Waals surface area (Å²) in [6, 6.07) is 0. The van der Waals surface area contributed by atoms with Gasteiger partial charge in [-0.25, -0.2) is 8.42 Å². The number of rotatable bonds is 2. The molecule has 4 unspecified atom stereocenters. The lowest BCUT2D eigenvalue weighted by molar-refractivity contribution is 0.255. The molecule has 2 aliphatic rings. The van der Waals surface area contributed by atoms with Gasteiger partial charge < -0.3 is 0 Å². The zero-order valence-corrected chi connectivity index (χ0v) is 10.9. The molecule has 0 radical (unpaired) electrons. The first-order valence-corrected chi connectivity index (χ1v) is 8.15. The standard InChI is InChI=1S/C10H16Cl2O2S/c11-5-9-7-3-1-2-4-8(7)10(6-12)15(9,13)14/h7-10H,1-6H2. The Balaban J connectivity index is 2.34. The second kappa shape index (κ2) is 4.42. The number of hydrogen-bond donors (Lipinski definition) is 0. The molecule has 2 fully saturated rings. The maximum Gasteiger partial charge on any atom is 0.158 e. The number of sulfone groups is 1. The average molecular weight is 271 g/mol. The minimum Gasteiger partial charge on any atom is -0.228 e. The highest BCUT2D eigenvalue weighted by Crippen LogP contribution is 2.47. The van der Waals surface area contributed by atoms with E-state index in [1.165, 1.54) is 0 Å². The molecular formula is C10H16Cl2O2S. The van der Waals surface area contributed by atoms with Gasteiger partial charge in [-0.1, -0.05) is 12.8 Å². The third kappa shape index (κ3) is 1.81. The molecule has 15 heavy (non-hydrogen) atoms. The normalized spacial score (nSPS) is 43.9. The zero-order chi connectivity index (χ0) is 11.1. The molecule has 0 amide bonds. The van der Waals surface area contributed by atoms with Gasteiger partial charge in [-0.2, -0.15) is 0 Å². The Morgan fingerprint density at radius 3 is 1.67 bits per heavy atom. The monoisotopic (exact) mass is 270 g/mol. The van der Waals surface area contributed by atoms with Crippen LogP contribution in [0.4, 0.5) is 0 Å². The summed E-state index contributed by atoms with van der Waals surface area (Å²) in [5.41, 5.74) is 0. The summed E-state index contributed by atoms with van der Waals surface area (Å²) < 4.78 is 24.3. The van der Waals surface area contributed by atoms with Crippen molar-refractivity contribution in [3.63, 3.8) is 0 Å². The maximum absolute atomic E-state index is 12.2. The molecule has 2 nitrogen and oxygen atoms in total. The Morgan fingerprint density at radius 2 is 1.33 bits per heavy atom. The number of hydrogen-bond acceptors (Lipinski definition) is 2. The first kappa shape index (κ1) is 12.0. The van der Waals surface area contributed by atoms with Crippen molar-refractivity contribution in [3.8, 4) is 0 Å². The quantitative estimate of drug-likeness (QED) is 0.723. The Morgan fingerprint density at radius 1 is 0.933 bits per heavy atom. The highest BCUT2D eigenvalue weighted by Gasteiger charge is 2.53. The first-order chi connectivity index (χ1) is 7.12. The van der Waals surface area contributed by atoms with Crippen molar-refractivity contribution in [1.82, 2.24) is 0 Å². The van der Waals surface area contributed by atoms with Crippen LogP contribution in [0.2, 0.25) is 0 Å². The van der Waals surface area contributed by atoms with E-state index in [9.17, 15) is 8.42 Å². The summed E-state index contributed by atoms with van der Waals surface area (Å²) >= 11 is 11.6. The summed E-state index contributed by atoms with van der Waals surface area (Å²) in [5.74, 6) is 1.00. The van der Waals surface area contributed by atoms with E-state index in [1.54, 1.807) is 0 Å². The van der Waals surface area contributed by atoms with Gasteiger partial charge in [0.2, 0.25) is 0 Å². The van der Waals surface area contributed by atoms with Gasteiger partial charge in [0.1, 0.15) is 0 Å². The molecule has 1 heterocycles. The van der Waals surface area contributed by atoms with Crippen molar-refractivity contribution in [2.24, 2.45) is 11.8 Å². The minimum absolute atomic E-state index is 0.233. The van der Waals surface area contributed by atoms with Gasteiger partial charge in [0.25, 0.3) is 0 Å². The van der Waals surface area contributed by atoms with Crippen molar-refractivity contribution in [2.45, 2.75) is 36.2 Å². The third-order valence-electron chi connectivity index (χ3n) is 3.98. The fraction of sp³-hybridized carbons (Fsp3) is 1.00. The molecule has 2 rings (SSSR count). The molecule has 1 aliphatic carbocycles. The van der Waals surface area contributed by atoms with Gasteiger partial charge in [-0.05, 0) is 24.7 Å². The van der Waals surface area contributed by atoms with Crippen LogP contribution in [0.25, 0.3) is 0 Å². The van der Waals surface area contributed by atoms with Gasteiger partial charge in [0.05, 0.1) is 10.5 Å².